The van der Waals surface area contributed by atoms with Gasteiger partial charge < -0.3 is 5.32 Å². The molecule has 0 radical (unpaired) electrons. The van der Waals surface area contributed by atoms with Gasteiger partial charge in [0.25, 0.3) is 0 Å². The number of fused-ring (bicyclic) bond motifs is 1. The number of alkyl halides is 3. The van der Waals surface area contributed by atoms with Crippen molar-refractivity contribution in [1.82, 2.24) is 5.32 Å². The molecule has 0 unspecified atom stereocenters. The maximum Gasteiger partial charge on any atom is 0.392 e. The Morgan fingerprint density at radius 3 is 2.36 bits per heavy atom. The first-order valence-corrected chi connectivity index (χ1v) is 3.88. The second-order valence-corrected chi connectivity index (χ2v) is 3.39. The van der Waals surface area contributed by atoms with Gasteiger partial charge in [0.2, 0.25) is 0 Å². The highest BCUT2D eigenvalue weighted by molar-refractivity contribution is 5.04. The third-order valence-electron chi connectivity index (χ3n) is 2.74. The van der Waals surface area contributed by atoms with Gasteiger partial charge in [0.1, 0.15) is 0 Å². The van der Waals surface area contributed by atoms with Crippen LogP contribution in [-0.4, -0.2) is 19.3 Å². The van der Waals surface area contributed by atoms with E-state index in [1.165, 1.54) is 0 Å². The fourth-order valence-corrected chi connectivity index (χ4v) is 2.14. The number of piperidine rings is 1. The normalized spacial score (nSPS) is 43.4. The maximum atomic E-state index is 12.1. The van der Waals surface area contributed by atoms with Gasteiger partial charge in [-0.25, -0.2) is 0 Å². The van der Waals surface area contributed by atoms with E-state index in [1.807, 2.05) is 0 Å². The fourth-order valence-electron chi connectivity index (χ4n) is 2.14. The van der Waals surface area contributed by atoms with Gasteiger partial charge in [0, 0.05) is 0 Å². The molecule has 1 saturated heterocycles. The molecular formula is C7H10F3N. The van der Waals surface area contributed by atoms with E-state index in [4.69, 9.17) is 0 Å². The molecule has 2 aliphatic rings. The van der Waals surface area contributed by atoms with E-state index in [9.17, 15) is 13.2 Å². The largest absolute Gasteiger partial charge is 0.392 e. The van der Waals surface area contributed by atoms with Crippen molar-refractivity contribution in [3.63, 3.8) is 0 Å². The fraction of sp³-hybridized carbons (Fsp3) is 1.00. The van der Waals surface area contributed by atoms with Gasteiger partial charge in [-0.2, -0.15) is 13.2 Å². The lowest BCUT2D eigenvalue weighted by Gasteiger charge is -2.07. The van der Waals surface area contributed by atoms with E-state index >= 15 is 0 Å². The van der Waals surface area contributed by atoms with Gasteiger partial charge in [-0.1, -0.05) is 0 Å². The first kappa shape index (κ1) is 7.40. The standard InChI is InChI=1S/C7H10F3N/c8-7(9,10)6-4-1-2-11-3-5(4)6/h4-6,11H,1-3H2/t4-,5+,6+/m1/s1. The Labute approximate surface area is 63.0 Å². The van der Waals surface area contributed by atoms with Crippen LogP contribution in [0.25, 0.3) is 0 Å². The smallest absolute Gasteiger partial charge is 0.316 e. The first-order chi connectivity index (χ1) is 5.11. The Balaban J connectivity index is 2.00. The average molecular weight is 165 g/mol. The van der Waals surface area contributed by atoms with Crippen LogP contribution < -0.4 is 5.32 Å². The lowest BCUT2D eigenvalue weighted by molar-refractivity contribution is -0.153. The summed E-state index contributed by atoms with van der Waals surface area (Å²) < 4.78 is 36.3. The molecule has 0 aromatic rings. The van der Waals surface area contributed by atoms with Crippen LogP contribution in [0.1, 0.15) is 6.42 Å². The Hall–Kier alpha value is -0.250. The third-order valence-corrected chi connectivity index (χ3v) is 2.74. The van der Waals surface area contributed by atoms with Crippen molar-refractivity contribution < 1.29 is 13.2 Å². The van der Waals surface area contributed by atoms with Crippen molar-refractivity contribution in [3.8, 4) is 0 Å². The van der Waals surface area contributed by atoms with Crippen LogP contribution in [0.5, 0.6) is 0 Å². The topological polar surface area (TPSA) is 12.0 Å². The molecule has 4 heteroatoms. The molecule has 0 amide bonds. The predicted molar refractivity (Wildman–Crippen MR) is 34.0 cm³/mol. The molecule has 1 nitrogen and oxygen atoms in total. The zero-order chi connectivity index (χ0) is 8.06. The summed E-state index contributed by atoms with van der Waals surface area (Å²) in [5.74, 6) is -1.16. The molecule has 11 heavy (non-hydrogen) atoms. The summed E-state index contributed by atoms with van der Waals surface area (Å²) in [6.07, 6.45) is -3.24. The lowest BCUT2D eigenvalue weighted by Crippen LogP contribution is -2.24. The van der Waals surface area contributed by atoms with Crippen molar-refractivity contribution in [3.05, 3.63) is 0 Å². The van der Waals surface area contributed by atoms with Gasteiger partial charge in [-0.3, -0.25) is 0 Å². The summed E-state index contributed by atoms with van der Waals surface area (Å²) in [4.78, 5) is 0. The number of hydrogen-bond acceptors (Lipinski definition) is 1. The highest BCUT2D eigenvalue weighted by atomic mass is 19.4. The van der Waals surface area contributed by atoms with Crippen molar-refractivity contribution in [1.29, 1.82) is 0 Å². The molecule has 1 heterocycles. The summed E-state index contributed by atoms with van der Waals surface area (Å²) in [6, 6.07) is 0. The highest BCUT2D eigenvalue weighted by Crippen LogP contribution is 2.57. The van der Waals surface area contributed by atoms with Crippen LogP contribution in [0.3, 0.4) is 0 Å². The summed E-state index contributed by atoms with van der Waals surface area (Å²) >= 11 is 0. The van der Waals surface area contributed by atoms with Crippen molar-refractivity contribution in [2.45, 2.75) is 12.6 Å². The maximum absolute atomic E-state index is 12.1. The van der Waals surface area contributed by atoms with Crippen LogP contribution >= 0.6 is 0 Å². The molecule has 64 valence electrons. The van der Waals surface area contributed by atoms with Crippen molar-refractivity contribution >= 4 is 0 Å². The Bertz CT molecular complexity index is 154. The Kier molecular flexibility index (Phi) is 1.43. The van der Waals surface area contributed by atoms with E-state index in [-0.39, 0.29) is 11.8 Å². The number of hydrogen-bond donors (Lipinski definition) is 1. The molecule has 1 saturated carbocycles. The van der Waals surface area contributed by atoms with Crippen LogP contribution in [-0.2, 0) is 0 Å². The van der Waals surface area contributed by atoms with Gasteiger partial charge in [-0.15, -0.1) is 0 Å². The second-order valence-electron chi connectivity index (χ2n) is 3.39. The molecule has 1 aliphatic heterocycles. The SMILES string of the molecule is FC(F)(F)[C@H]1[C@@H]2CCNC[C@@H]21. The lowest BCUT2D eigenvalue weighted by atomic mass is 10.2. The predicted octanol–water partition coefficient (Wildman–Crippen LogP) is 1.40. The van der Waals surface area contributed by atoms with E-state index in [0.29, 0.717) is 13.0 Å². The first-order valence-electron chi connectivity index (χ1n) is 3.88. The minimum absolute atomic E-state index is 0.0590. The summed E-state index contributed by atoms with van der Waals surface area (Å²) in [7, 11) is 0. The Morgan fingerprint density at radius 2 is 1.91 bits per heavy atom. The molecule has 2 rings (SSSR count). The molecule has 0 bridgehead atoms. The molecule has 1 N–H and O–H groups in total. The average Bonchev–Trinajstić information content (AvgIpc) is 2.58. The van der Waals surface area contributed by atoms with Gasteiger partial charge in [0.15, 0.2) is 0 Å². The molecule has 1 aliphatic carbocycles. The molecule has 3 atom stereocenters. The zero-order valence-corrected chi connectivity index (χ0v) is 5.99. The quantitative estimate of drug-likeness (QED) is 0.572. The molecule has 0 aromatic carbocycles. The van der Waals surface area contributed by atoms with Crippen LogP contribution in [0, 0.1) is 17.8 Å². The van der Waals surface area contributed by atoms with Crippen molar-refractivity contribution in [2.75, 3.05) is 13.1 Å². The molecular weight excluding hydrogens is 155 g/mol. The van der Waals surface area contributed by atoms with E-state index < -0.39 is 12.1 Å². The minimum Gasteiger partial charge on any atom is -0.316 e. The highest BCUT2D eigenvalue weighted by Gasteiger charge is 2.63. The van der Waals surface area contributed by atoms with Gasteiger partial charge >= 0.3 is 6.18 Å². The van der Waals surface area contributed by atoms with E-state index in [1.54, 1.807) is 0 Å². The minimum atomic E-state index is -3.94. The molecule has 2 fully saturated rings. The summed E-state index contributed by atoms with van der Waals surface area (Å²) in [5.41, 5.74) is 0. The summed E-state index contributed by atoms with van der Waals surface area (Å²) in [6.45, 7) is 1.32. The van der Waals surface area contributed by atoms with Crippen LogP contribution in [0.4, 0.5) is 13.2 Å². The summed E-state index contributed by atoms with van der Waals surface area (Å²) in [5, 5.41) is 2.98. The third kappa shape index (κ3) is 1.13. The van der Waals surface area contributed by atoms with Crippen LogP contribution in [0.2, 0.25) is 0 Å². The Morgan fingerprint density at radius 1 is 1.18 bits per heavy atom. The van der Waals surface area contributed by atoms with E-state index in [0.717, 1.165) is 6.54 Å². The monoisotopic (exact) mass is 165 g/mol. The zero-order valence-electron chi connectivity index (χ0n) is 5.99. The van der Waals surface area contributed by atoms with Crippen molar-refractivity contribution in [2.24, 2.45) is 17.8 Å². The number of nitrogens with one attached hydrogen (secondary N) is 1. The number of rotatable bonds is 0. The molecule has 0 aromatic heterocycles. The second kappa shape index (κ2) is 2.12. The number of halogens is 3. The molecule has 0 spiro atoms. The van der Waals surface area contributed by atoms with Gasteiger partial charge in [0.05, 0.1) is 5.92 Å². The van der Waals surface area contributed by atoms with Gasteiger partial charge in [-0.05, 0) is 31.3 Å². The van der Waals surface area contributed by atoms with E-state index in [2.05, 4.69) is 5.32 Å². The van der Waals surface area contributed by atoms with Crippen LogP contribution in [0.15, 0.2) is 0 Å².